The Morgan fingerprint density at radius 3 is 2.15 bits per heavy atom. The third kappa shape index (κ3) is 6.09. The number of aliphatic hydroxyl groups is 6. The minimum atomic E-state index is -1.83. The zero-order valence-electron chi connectivity index (χ0n) is 11.2. The van der Waals surface area contributed by atoms with E-state index in [-0.39, 0.29) is 19.4 Å². The zero-order valence-corrected chi connectivity index (χ0v) is 11.2. The Balaban J connectivity index is 4.52. The summed E-state index contributed by atoms with van der Waals surface area (Å²) in [6.45, 7) is -0.989. The van der Waals surface area contributed by atoms with Gasteiger partial charge in [-0.2, -0.15) is 0 Å². The Labute approximate surface area is 116 Å². The summed E-state index contributed by atoms with van der Waals surface area (Å²) in [5, 5.41) is 57.7. The number of rotatable bonds is 10. The van der Waals surface area contributed by atoms with Gasteiger partial charge in [0.2, 0.25) is 0 Å². The predicted octanol–water partition coefficient (Wildman–Crippen LogP) is -3.72. The van der Waals surface area contributed by atoms with Crippen molar-refractivity contribution in [2.45, 2.75) is 43.5 Å². The van der Waals surface area contributed by atoms with Crippen molar-refractivity contribution in [1.82, 2.24) is 5.32 Å². The molecule has 0 aliphatic rings. The second-order valence-electron chi connectivity index (χ2n) is 4.25. The lowest BCUT2D eigenvalue weighted by atomic mass is 10.0. The lowest BCUT2D eigenvalue weighted by Gasteiger charge is -2.30. The number of ether oxygens (including phenoxy) is 1. The molecule has 0 saturated carbocycles. The molecule has 5 atom stereocenters. The first-order chi connectivity index (χ1) is 9.38. The molecule has 9 nitrogen and oxygen atoms in total. The monoisotopic (exact) mass is 297 g/mol. The smallest absolute Gasteiger partial charge is 0.307 e. The van der Waals surface area contributed by atoms with Crippen LogP contribution in [0.5, 0.6) is 0 Å². The number of aliphatic hydroxyl groups excluding tert-OH is 6. The molecule has 0 aromatic carbocycles. The van der Waals surface area contributed by atoms with E-state index in [1.165, 1.54) is 7.05 Å². The normalized spacial score (nSPS) is 18.9. The van der Waals surface area contributed by atoms with Crippen LogP contribution in [0, 0.1) is 0 Å². The summed E-state index contributed by atoms with van der Waals surface area (Å²) >= 11 is 0. The molecule has 0 aromatic rings. The number of carbonyl (C=O) groups excluding carboxylic acids is 1. The van der Waals surface area contributed by atoms with Crippen molar-refractivity contribution >= 4 is 5.97 Å². The van der Waals surface area contributed by atoms with Gasteiger partial charge < -0.3 is 35.4 Å². The van der Waals surface area contributed by atoms with Crippen LogP contribution in [-0.2, 0) is 9.53 Å². The van der Waals surface area contributed by atoms with E-state index in [4.69, 9.17) is 14.9 Å². The fourth-order valence-electron chi connectivity index (χ4n) is 1.44. The van der Waals surface area contributed by atoms with E-state index in [0.717, 1.165) is 0 Å². The standard InChI is InChI=1S/C11H23NO8/c1-12-11(20-7(16)3-2-4-13)10(19)9(18)8(17)6(15)5-14/h6,8-15,17-19H,2-5H2,1H3/t6-,8-,9+,10-,11?/m1/s1. The highest BCUT2D eigenvalue weighted by Gasteiger charge is 2.35. The van der Waals surface area contributed by atoms with E-state index in [1.807, 2.05) is 0 Å². The molecule has 0 aliphatic heterocycles. The number of hydrogen-bond acceptors (Lipinski definition) is 9. The van der Waals surface area contributed by atoms with E-state index in [1.54, 1.807) is 0 Å². The number of carbonyl (C=O) groups is 1. The average Bonchev–Trinajstić information content (AvgIpc) is 2.47. The third-order valence-electron chi connectivity index (χ3n) is 2.67. The highest BCUT2D eigenvalue weighted by atomic mass is 16.6. The van der Waals surface area contributed by atoms with Crippen LogP contribution in [0.15, 0.2) is 0 Å². The van der Waals surface area contributed by atoms with Gasteiger partial charge in [0.25, 0.3) is 0 Å². The first-order valence-corrected chi connectivity index (χ1v) is 6.19. The molecule has 0 aliphatic carbocycles. The first-order valence-electron chi connectivity index (χ1n) is 6.19. The Hall–Kier alpha value is -0.810. The summed E-state index contributed by atoms with van der Waals surface area (Å²) in [6, 6.07) is 0. The SMILES string of the molecule is CNC(OC(=O)CCCO)[C@H](O)[C@@H](O)[C@H](O)[C@H](O)CO. The summed E-state index contributed by atoms with van der Waals surface area (Å²) in [6.07, 6.45) is -8.17. The molecule has 7 N–H and O–H groups in total. The molecule has 0 fully saturated rings. The molecular formula is C11H23NO8. The molecule has 0 saturated heterocycles. The van der Waals surface area contributed by atoms with E-state index < -0.39 is 43.2 Å². The molecule has 0 aromatic heterocycles. The van der Waals surface area contributed by atoms with Crippen molar-refractivity contribution in [2.75, 3.05) is 20.3 Å². The molecule has 20 heavy (non-hydrogen) atoms. The molecular weight excluding hydrogens is 274 g/mol. The van der Waals surface area contributed by atoms with Crippen LogP contribution in [0.1, 0.15) is 12.8 Å². The Kier molecular flexibility index (Phi) is 9.59. The van der Waals surface area contributed by atoms with Gasteiger partial charge in [0.05, 0.1) is 6.61 Å². The number of hydrogen-bond donors (Lipinski definition) is 7. The molecule has 0 spiro atoms. The van der Waals surface area contributed by atoms with Crippen LogP contribution in [0.2, 0.25) is 0 Å². The number of nitrogens with one attached hydrogen (secondary N) is 1. The van der Waals surface area contributed by atoms with Gasteiger partial charge in [-0.25, -0.2) is 0 Å². The minimum Gasteiger partial charge on any atom is -0.444 e. The zero-order chi connectivity index (χ0) is 15.7. The maximum atomic E-state index is 11.3. The van der Waals surface area contributed by atoms with Crippen molar-refractivity contribution in [3.8, 4) is 0 Å². The quantitative estimate of drug-likeness (QED) is 0.159. The van der Waals surface area contributed by atoms with Crippen molar-refractivity contribution in [1.29, 1.82) is 0 Å². The van der Waals surface area contributed by atoms with Crippen LogP contribution in [-0.4, -0.2) is 87.5 Å². The minimum absolute atomic E-state index is 0.0701. The first kappa shape index (κ1) is 19.2. The Bertz CT molecular complexity index is 277. The number of esters is 1. The van der Waals surface area contributed by atoms with Crippen molar-refractivity contribution in [3.63, 3.8) is 0 Å². The molecule has 0 amide bonds. The second-order valence-corrected chi connectivity index (χ2v) is 4.25. The molecule has 0 rings (SSSR count). The summed E-state index contributed by atoms with van der Waals surface area (Å²) in [4.78, 5) is 11.3. The van der Waals surface area contributed by atoms with E-state index >= 15 is 0 Å². The fraction of sp³-hybridized carbons (Fsp3) is 0.909. The van der Waals surface area contributed by atoms with Gasteiger partial charge in [-0.3, -0.25) is 10.1 Å². The summed E-state index contributed by atoms with van der Waals surface area (Å²) < 4.78 is 4.82. The topological polar surface area (TPSA) is 160 Å². The predicted molar refractivity (Wildman–Crippen MR) is 66.4 cm³/mol. The lowest BCUT2D eigenvalue weighted by Crippen LogP contribution is -2.54. The van der Waals surface area contributed by atoms with Crippen LogP contribution in [0.3, 0.4) is 0 Å². The molecule has 120 valence electrons. The maximum Gasteiger partial charge on any atom is 0.307 e. The molecule has 0 radical (unpaired) electrons. The van der Waals surface area contributed by atoms with Gasteiger partial charge >= 0.3 is 5.97 Å². The molecule has 0 bridgehead atoms. The van der Waals surface area contributed by atoms with Gasteiger partial charge in [0, 0.05) is 13.0 Å². The maximum absolute atomic E-state index is 11.3. The van der Waals surface area contributed by atoms with E-state index in [9.17, 15) is 25.2 Å². The van der Waals surface area contributed by atoms with Gasteiger partial charge in [0.15, 0.2) is 6.23 Å². The summed E-state index contributed by atoms with van der Waals surface area (Å²) in [5.74, 6) is -0.707. The van der Waals surface area contributed by atoms with Gasteiger partial charge in [-0.1, -0.05) is 0 Å². The van der Waals surface area contributed by atoms with Crippen LogP contribution >= 0.6 is 0 Å². The van der Waals surface area contributed by atoms with Gasteiger partial charge in [-0.05, 0) is 13.5 Å². The van der Waals surface area contributed by atoms with Crippen molar-refractivity contribution in [2.24, 2.45) is 0 Å². The van der Waals surface area contributed by atoms with Crippen LogP contribution < -0.4 is 5.32 Å². The highest BCUT2D eigenvalue weighted by Crippen LogP contribution is 2.10. The second kappa shape index (κ2) is 10.00. The third-order valence-corrected chi connectivity index (χ3v) is 2.67. The van der Waals surface area contributed by atoms with Gasteiger partial charge in [0.1, 0.15) is 24.4 Å². The Morgan fingerprint density at radius 1 is 1.10 bits per heavy atom. The van der Waals surface area contributed by atoms with Gasteiger partial charge in [-0.15, -0.1) is 0 Å². The highest BCUT2D eigenvalue weighted by molar-refractivity contribution is 5.69. The number of likely N-dealkylation sites (N-methyl/N-ethyl adjacent to an activating group) is 1. The Morgan fingerprint density at radius 2 is 1.70 bits per heavy atom. The lowest BCUT2D eigenvalue weighted by molar-refractivity contribution is -0.175. The fourth-order valence-corrected chi connectivity index (χ4v) is 1.44. The van der Waals surface area contributed by atoms with Crippen molar-refractivity contribution in [3.05, 3.63) is 0 Å². The molecule has 0 heterocycles. The van der Waals surface area contributed by atoms with E-state index in [0.29, 0.717) is 0 Å². The summed E-state index contributed by atoms with van der Waals surface area (Å²) in [5.41, 5.74) is 0. The average molecular weight is 297 g/mol. The summed E-state index contributed by atoms with van der Waals surface area (Å²) in [7, 11) is 1.36. The largest absolute Gasteiger partial charge is 0.444 e. The molecule has 1 unspecified atom stereocenters. The van der Waals surface area contributed by atoms with E-state index in [2.05, 4.69) is 5.32 Å². The van der Waals surface area contributed by atoms with Crippen LogP contribution in [0.4, 0.5) is 0 Å². The van der Waals surface area contributed by atoms with Crippen molar-refractivity contribution < 1.29 is 40.2 Å². The molecule has 9 heteroatoms. The van der Waals surface area contributed by atoms with Crippen LogP contribution in [0.25, 0.3) is 0 Å².